The maximum atomic E-state index is 5.69. The van der Waals surface area contributed by atoms with E-state index in [0.29, 0.717) is 6.61 Å². The van der Waals surface area contributed by atoms with Gasteiger partial charge in [0.15, 0.2) is 0 Å². The maximum absolute atomic E-state index is 5.69. The Bertz CT molecular complexity index is 310. The van der Waals surface area contributed by atoms with Crippen LogP contribution in [-0.2, 0) is 11.3 Å². The second kappa shape index (κ2) is 7.96. The molecule has 1 unspecified atom stereocenters. The van der Waals surface area contributed by atoms with Crippen LogP contribution in [-0.4, -0.2) is 6.10 Å². The third kappa shape index (κ3) is 5.00. The second-order valence-electron chi connectivity index (χ2n) is 3.95. The van der Waals surface area contributed by atoms with Gasteiger partial charge >= 0.3 is 0 Å². The summed E-state index contributed by atoms with van der Waals surface area (Å²) in [5.41, 5.74) is 1.18. The number of rotatable bonds is 7. The molecule has 0 radical (unpaired) electrons. The fourth-order valence-corrected chi connectivity index (χ4v) is 1.57. The van der Waals surface area contributed by atoms with Gasteiger partial charge in [-0.2, -0.15) is 0 Å². The van der Waals surface area contributed by atoms with Gasteiger partial charge < -0.3 is 4.74 Å². The SMILES string of the molecule is C#CC(CCCCC)OCc1ccccc1. The Morgan fingerprint density at radius 1 is 1.25 bits per heavy atom. The molecular formula is C15H20O. The first-order valence-electron chi connectivity index (χ1n) is 5.98. The summed E-state index contributed by atoms with van der Waals surface area (Å²) < 4.78 is 5.69. The van der Waals surface area contributed by atoms with Gasteiger partial charge in [-0.3, -0.25) is 0 Å². The van der Waals surface area contributed by atoms with Crippen molar-refractivity contribution in [3.8, 4) is 12.3 Å². The monoisotopic (exact) mass is 216 g/mol. The van der Waals surface area contributed by atoms with Gasteiger partial charge in [-0.05, 0) is 18.4 Å². The quantitative estimate of drug-likeness (QED) is 0.498. The second-order valence-corrected chi connectivity index (χ2v) is 3.95. The lowest BCUT2D eigenvalue weighted by Gasteiger charge is -2.11. The minimum atomic E-state index is -0.0354. The largest absolute Gasteiger partial charge is 0.361 e. The lowest BCUT2D eigenvalue weighted by Crippen LogP contribution is -2.10. The first kappa shape index (κ1) is 12.8. The molecule has 0 saturated heterocycles. The van der Waals surface area contributed by atoms with Crippen molar-refractivity contribution in [1.29, 1.82) is 0 Å². The number of hydrogen-bond acceptors (Lipinski definition) is 1. The zero-order valence-corrected chi connectivity index (χ0v) is 9.99. The van der Waals surface area contributed by atoms with Crippen LogP contribution < -0.4 is 0 Å². The Labute approximate surface area is 98.8 Å². The summed E-state index contributed by atoms with van der Waals surface area (Å²) in [6.07, 6.45) is 9.98. The molecule has 0 fully saturated rings. The van der Waals surface area contributed by atoms with Crippen LogP contribution in [0.2, 0.25) is 0 Å². The van der Waals surface area contributed by atoms with E-state index in [2.05, 4.69) is 25.0 Å². The van der Waals surface area contributed by atoms with Gasteiger partial charge in [-0.1, -0.05) is 56.0 Å². The molecule has 0 N–H and O–H groups in total. The molecule has 0 aliphatic heterocycles. The molecule has 1 atom stereocenters. The lowest BCUT2D eigenvalue weighted by atomic mass is 10.1. The van der Waals surface area contributed by atoms with Gasteiger partial charge in [0.25, 0.3) is 0 Å². The van der Waals surface area contributed by atoms with Crippen LogP contribution in [0.3, 0.4) is 0 Å². The molecule has 1 rings (SSSR count). The van der Waals surface area contributed by atoms with Gasteiger partial charge in [-0.15, -0.1) is 6.42 Å². The van der Waals surface area contributed by atoms with Gasteiger partial charge in [0.1, 0.15) is 6.10 Å². The van der Waals surface area contributed by atoms with E-state index < -0.39 is 0 Å². The van der Waals surface area contributed by atoms with Gasteiger partial charge in [-0.25, -0.2) is 0 Å². The van der Waals surface area contributed by atoms with Gasteiger partial charge in [0.2, 0.25) is 0 Å². The van der Waals surface area contributed by atoms with E-state index >= 15 is 0 Å². The third-order valence-corrected chi connectivity index (χ3v) is 2.55. The smallest absolute Gasteiger partial charge is 0.118 e. The van der Waals surface area contributed by atoms with E-state index in [9.17, 15) is 0 Å². The zero-order chi connectivity index (χ0) is 11.6. The minimum absolute atomic E-state index is 0.0354. The summed E-state index contributed by atoms with van der Waals surface area (Å²) >= 11 is 0. The predicted octanol–water partition coefficient (Wildman–Crippen LogP) is 3.79. The topological polar surface area (TPSA) is 9.23 Å². The Morgan fingerprint density at radius 3 is 2.62 bits per heavy atom. The molecule has 1 nitrogen and oxygen atoms in total. The number of unbranched alkanes of at least 4 members (excludes halogenated alkanes) is 2. The molecule has 0 aliphatic carbocycles. The standard InChI is InChI=1S/C15H20O/c1-3-5-7-12-15(4-2)16-13-14-10-8-6-9-11-14/h2,6,8-11,15H,3,5,7,12-13H2,1H3. The van der Waals surface area contributed by atoms with Crippen LogP contribution in [0.25, 0.3) is 0 Å². The van der Waals surface area contributed by atoms with E-state index in [4.69, 9.17) is 11.2 Å². The summed E-state index contributed by atoms with van der Waals surface area (Å²) in [6.45, 7) is 2.80. The fraction of sp³-hybridized carbons (Fsp3) is 0.467. The molecule has 0 amide bonds. The molecule has 86 valence electrons. The van der Waals surface area contributed by atoms with Crippen molar-refractivity contribution in [1.82, 2.24) is 0 Å². The summed E-state index contributed by atoms with van der Waals surface area (Å²) in [6, 6.07) is 10.1. The average Bonchev–Trinajstić information content (AvgIpc) is 2.35. The highest BCUT2D eigenvalue weighted by Crippen LogP contribution is 2.09. The fourth-order valence-electron chi connectivity index (χ4n) is 1.57. The van der Waals surface area contributed by atoms with E-state index in [-0.39, 0.29) is 6.10 Å². The van der Waals surface area contributed by atoms with Crippen molar-refractivity contribution in [3.05, 3.63) is 35.9 Å². The normalized spacial score (nSPS) is 12.0. The number of ether oxygens (including phenoxy) is 1. The predicted molar refractivity (Wildman–Crippen MR) is 68.0 cm³/mol. The van der Waals surface area contributed by atoms with E-state index in [1.807, 2.05) is 18.2 Å². The number of hydrogen-bond donors (Lipinski definition) is 0. The molecule has 1 aromatic rings. The molecule has 0 saturated carbocycles. The van der Waals surface area contributed by atoms with Crippen molar-refractivity contribution in [2.75, 3.05) is 0 Å². The van der Waals surface area contributed by atoms with Crippen LogP contribution in [0.4, 0.5) is 0 Å². The Kier molecular flexibility index (Phi) is 6.37. The van der Waals surface area contributed by atoms with Crippen LogP contribution in [0, 0.1) is 12.3 Å². The van der Waals surface area contributed by atoms with Crippen molar-refractivity contribution in [2.45, 2.75) is 45.3 Å². The zero-order valence-electron chi connectivity index (χ0n) is 9.99. The maximum Gasteiger partial charge on any atom is 0.118 e. The van der Waals surface area contributed by atoms with Crippen LogP contribution in [0.1, 0.15) is 38.2 Å². The minimum Gasteiger partial charge on any atom is -0.361 e. The summed E-state index contributed by atoms with van der Waals surface area (Å²) in [5, 5.41) is 0. The molecule has 0 heterocycles. The van der Waals surface area contributed by atoms with Crippen molar-refractivity contribution < 1.29 is 4.74 Å². The van der Waals surface area contributed by atoms with Crippen LogP contribution in [0.15, 0.2) is 30.3 Å². The first-order chi connectivity index (χ1) is 7.86. The van der Waals surface area contributed by atoms with Crippen LogP contribution >= 0.6 is 0 Å². The Balaban J connectivity index is 2.27. The third-order valence-electron chi connectivity index (χ3n) is 2.55. The van der Waals surface area contributed by atoms with E-state index in [1.54, 1.807) is 0 Å². The highest BCUT2D eigenvalue weighted by Gasteiger charge is 2.04. The van der Waals surface area contributed by atoms with Gasteiger partial charge in [0.05, 0.1) is 6.61 Å². The molecule has 0 bridgehead atoms. The molecule has 0 aliphatic rings. The summed E-state index contributed by atoms with van der Waals surface area (Å²) in [4.78, 5) is 0. The van der Waals surface area contributed by atoms with Crippen molar-refractivity contribution in [2.24, 2.45) is 0 Å². The molecule has 1 heteroatoms. The number of terminal acetylenes is 1. The summed E-state index contributed by atoms with van der Waals surface area (Å²) in [7, 11) is 0. The van der Waals surface area contributed by atoms with E-state index in [0.717, 1.165) is 12.8 Å². The number of benzene rings is 1. The Hall–Kier alpha value is -1.26. The summed E-state index contributed by atoms with van der Waals surface area (Å²) in [5.74, 6) is 2.71. The van der Waals surface area contributed by atoms with Crippen molar-refractivity contribution in [3.63, 3.8) is 0 Å². The average molecular weight is 216 g/mol. The molecule has 0 aromatic heterocycles. The molecule has 1 aromatic carbocycles. The van der Waals surface area contributed by atoms with Gasteiger partial charge in [0, 0.05) is 0 Å². The molecular weight excluding hydrogens is 196 g/mol. The highest BCUT2D eigenvalue weighted by atomic mass is 16.5. The van der Waals surface area contributed by atoms with E-state index in [1.165, 1.54) is 18.4 Å². The highest BCUT2D eigenvalue weighted by molar-refractivity contribution is 5.13. The lowest BCUT2D eigenvalue weighted by molar-refractivity contribution is 0.0711. The Morgan fingerprint density at radius 2 is 2.00 bits per heavy atom. The van der Waals surface area contributed by atoms with Crippen LogP contribution in [0.5, 0.6) is 0 Å². The molecule has 16 heavy (non-hydrogen) atoms. The first-order valence-corrected chi connectivity index (χ1v) is 5.98. The molecule has 0 spiro atoms. The van der Waals surface area contributed by atoms with Crippen molar-refractivity contribution >= 4 is 0 Å².